The van der Waals surface area contributed by atoms with Crippen LogP contribution in [0.3, 0.4) is 0 Å². The van der Waals surface area contributed by atoms with Crippen molar-refractivity contribution in [3.05, 3.63) is 46.9 Å². The standard InChI is InChI=1S/C9H8N4O4S/c14-13(15)8-4-2-1-3-7(8)12-18(16,17)9-5-10-6-11-9/h1-6,12H,(H,10,11). The molecule has 0 saturated heterocycles. The average Bonchev–Trinajstić information content (AvgIpc) is 2.83. The molecule has 2 N–H and O–H groups in total. The van der Waals surface area contributed by atoms with Crippen molar-refractivity contribution in [1.82, 2.24) is 9.97 Å². The summed E-state index contributed by atoms with van der Waals surface area (Å²) < 4.78 is 25.8. The molecule has 0 radical (unpaired) electrons. The van der Waals surface area contributed by atoms with E-state index in [0.717, 1.165) is 6.20 Å². The lowest BCUT2D eigenvalue weighted by Gasteiger charge is -2.06. The smallest absolute Gasteiger partial charge is 0.293 e. The zero-order chi connectivity index (χ0) is 13.2. The monoisotopic (exact) mass is 268 g/mol. The number of nitrogens with zero attached hydrogens (tertiary/aromatic N) is 2. The van der Waals surface area contributed by atoms with Gasteiger partial charge >= 0.3 is 0 Å². The van der Waals surface area contributed by atoms with Crippen LogP contribution in [0.1, 0.15) is 0 Å². The number of anilines is 1. The van der Waals surface area contributed by atoms with Gasteiger partial charge in [0.2, 0.25) is 0 Å². The van der Waals surface area contributed by atoms with Gasteiger partial charge in [0.1, 0.15) is 5.69 Å². The van der Waals surface area contributed by atoms with E-state index in [0.29, 0.717) is 0 Å². The second-order valence-electron chi connectivity index (χ2n) is 3.30. The molecule has 0 aliphatic carbocycles. The maximum Gasteiger partial charge on any atom is 0.293 e. The minimum Gasteiger partial charge on any atom is -0.334 e. The first-order valence-electron chi connectivity index (χ1n) is 4.75. The lowest BCUT2D eigenvalue weighted by Crippen LogP contribution is -2.14. The van der Waals surface area contributed by atoms with Crippen LogP contribution in [0.15, 0.2) is 41.8 Å². The van der Waals surface area contributed by atoms with Crippen LogP contribution < -0.4 is 4.72 Å². The van der Waals surface area contributed by atoms with Crippen LogP contribution in [0.2, 0.25) is 0 Å². The molecule has 94 valence electrons. The van der Waals surface area contributed by atoms with Crippen molar-refractivity contribution in [2.45, 2.75) is 5.03 Å². The van der Waals surface area contributed by atoms with Crippen LogP contribution in [0.25, 0.3) is 0 Å². The number of aromatic nitrogens is 2. The average molecular weight is 268 g/mol. The summed E-state index contributed by atoms with van der Waals surface area (Å²) in [6, 6.07) is 5.47. The molecule has 9 heteroatoms. The van der Waals surface area contributed by atoms with Crippen molar-refractivity contribution in [2.24, 2.45) is 0 Å². The lowest BCUT2D eigenvalue weighted by atomic mass is 10.3. The van der Waals surface area contributed by atoms with Gasteiger partial charge in [-0.05, 0) is 6.07 Å². The SMILES string of the molecule is O=[N+]([O-])c1ccccc1NS(=O)(=O)c1cnc[nH]1. The third-order valence-corrected chi connectivity index (χ3v) is 3.40. The number of hydrogen-bond acceptors (Lipinski definition) is 5. The summed E-state index contributed by atoms with van der Waals surface area (Å²) in [6.45, 7) is 0. The molecule has 0 spiro atoms. The predicted octanol–water partition coefficient (Wildman–Crippen LogP) is 1.12. The molecule has 2 rings (SSSR count). The maximum atomic E-state index is 11.8. The van der Waals surface area contributed by atoms with Crippen LogP contribution >= 0.6 is 0 Å². The summed E-state index contributed by atoms with van der Waals surface area (Å²) in [6.07, 6.45) is 2.31. The largest absolute Gasteiger partial charge is 0.334 e. The van der Waals surface area contributed by atoms with Crippen molar-refractivity contribution in [3.63, 3.8) is 0 Å². The first kappa shape index (κ1) is 12.0. The summed E-state index contributed by atoms with van der Waals surface area (Å²) in [4.78, 5) is 16.1. The zero-order valence-electron chi connectivity index (χ0n) is 8.90. The second-order valence-corrected chi connectivity index (χ2v) is 4.95. The highest BCUT2D eigenvalue weighted by molar-refractivity contribution is 7.92. The van der Waals surface area contributed by atoms with Crippen molar-refractivity contribution in [1.29, 1.82) is 0 Å². The molecule has 1 aromatic carbocycles. The highest BCUT2D eigenvalue weighted by Gasteiger charge is 2.20. The molecule has 8 nitrogen and oxygen atoms in total. The van der Waals surface area contributed by atoms with Gasteiger partial charge < -0.3 is 4.98 Å². The molecule has 0 unspecified atom stereocenters. The zero-order valence-corrected chi connectivity index (χ0v) is 9.72. The Morgan fingerprint density at radius 1 is 1.33 bits per heavy atom. The van der Waals surface area contributed by atoms with Gasteiger partial charge in [-0.3, -0.25) is 14.8 Å². The molecular weight excluding hydrogens is 260 g/mol. The first-order chi connectivity index (χ1) is 8.50. The Hall–Kier alpha value is -2.42. The molecule has 0 aliphatic rings. The number of benzene rings is 1. The highest BCUT2D eigenvalue weighted by Crippen LogP contribution is 2.25. The summed E-state index contributed by atoms with van der Waals surface area (Å²) in [5.74, 6) is 0. The number of sulfonamides is 1. The van der Waals surface area contributed by atoms with Gasteiger partial charge in [-0.2, -0.15) is 8.42 Å². The number of nitro groups is 1. The summed E-state index contributed by atoms with van der Waals surface area (Å²) in [5, 5.41) is 10.6. The summed E-state index contributed by atoms with van der Waals surface area (Å²) >= 11 is 0. The van der Waals surface area contributed by atoms with Crippen molar-refractivity contribution < 1.29 is 13.3 Å². The third kappa shape index (κ3) is 2.30. The van der Waals surface area contributed by atoms with E-state index in [1.165, 1.54) is 30.6 Å². The quantitative estimate of drug-likeness (QED) is 0.636. The molecule has 0 saturated carbocycles. The molecule has 0 fully saturated rings. The van der Waals surface area contributed by atoms with Gasteiger partial charge in [-0.15, -0.1) is 0 Å². The predicted molar refractivity (Wildman–Crippen MR) is 62.5 cm³/mol. The molecule has 0 atom stereocenters. The summed E-state index contributed by atoms with van der Waals surface area (Å²) in [7, 11) is -3.90. The van der Waals surface area contributed by atoms with Crippen LogP contribution in [0.5, 0.6) is 0 Å². The van der Waals surface area contributed by atoms with E-state index < -0.39 is 14.9 Å². The number of H-pyrrole nitrogens is 1. The van der Waals surface area contributed by atoms with E-state index in [4.69, 9.17) is 0 Å². The van der Waals surface area contributed by atoms with Crippen LogP contribution in [0.4, 0.5) is 11.4 Å². The molecule has 0 aliphatic heterocycles. The molecule has 0 amide bonds. The van der Waals surface area contributed by atoms with Crippen LogP contribution in [-0.4, -0.2) is 23.3 Å². The number of aromatic amines is 1. The van der Waals surface area contributed by atoms with E-state index >= 15 is 0 Å². The Labute approximate surface area is 102 Å². The van der Waals surface area contributed by atoms with Gasteiger partial charge in [-0.1, -0.05) is 12.1 Å². The Bertz CT molecular complexity index is 666. The van der Waals surface area contributed by atoms with E-state index in [1.807, 2.05) is 0 Å². The highest BCUT2D eigenvalue weighted by atomic mass is 32.2. The van der Waals surface area contributed by atoms with E-state index in [2.05, 4.69) is 14.7 Å². The molecule has 2 aromatic rings. The van der Waals surface area contributed by atoms with Crippen LogP contribution in [0, 0.1) is 10.1 Å². The molecule has 1 heterocycles. The Morgan fingerprint density at radius 3 is 2.67 bits per heavy atom. The molecule has 0 bridgehead atoms. The fourth-order valence-electron chi connectivity index (χ4n) is 1.31. The normalized spacial score (nSPS) is 11.1. The van der Waals surface area contributed by atoms with Crippen molar-refractivity contribution in [2.75, 3.05) is 4.72 Å². The number of hydrogen-bond donors (Lipinski definition) is 2. The second kappa shape index (κ2) is 4.45. The van der Waals surface area contributed by atoms with E-state index in [-0.39, 0.29) is 16.4 Å². The Morgan fingerprint density at radius 2 is 2.06 bits per heavy atom. The molecular formula is C9H8N4O4S. The fraction of sp³-hybridized carbons (Fsp3) is 0. The van der Waals surface area contributed by atoms with Crippen LogP contribution in [-0.2, 0) is 10.0 Å². The number of imidazole rings is 1. The lowest BCUT2D eigenvalue weighted by molar-refractivity contribution is -0.383. The van der Waals surface area contributed by atoms with Gasteiger partial charge in [-0.25, -0.2) is 4.98 Å². The number of nitrogens with one attached hydrogen (secondary N) is 2. The Kier molecular flexibility index (Phi) is 2.98. The minimum absolute atomic E-state index is 0.0999. The van der Waals surface area contributed by atoms with Gasteiger partial charge in [0.25, 0.3) is 15.7 Å². The third-order valence-electron chi connectivity index (χ3n) is 2.11. The fourth-order valence-corrected chi connectivity index (χ4v) is 2.29. The number of nitro benzene ring substituents is 1. The van der Waals surface area contributed by atoms with Crippen molar-refractivity contribution >= 4 is 21.4 Å². The Balaban J connectivity index is 2.39. The first-order valence-corrected chi connectivity index (χ1v) is 6.23. The topological polar surface area (TPSA) is 118 Å². The molecule has 18 heavy (non-hydrogen) atoms. The van der Waals surface area contributed by atoms with Gasteiger partial charge in [0.15, 0.2) is 5.03 Å². The summed E-state index contributed by atoms with van der Waals surface area (Å²) in [5.41, 5.74) is -0.419. The van der Waals surface area contributed by atoms with E-state index in [9.17, 15) is 18.5 Å². The van der Waals surface area contributed by atoms with Gasteiger partial charge in [0, 0.05) is 6.07 Å². The van der Waals surface area contributed by atoms with Crippen molar-refractivity contribution in [3.8, 4) is 0 Å². The maximum absolute atomic E-state index is 11.8. The number of para-hydroxylation sites is 2. The molecule has 1 aromatic heterocycles. The van der Waals surface area contributed by atoms with E-state index in [1.54, 1.807) is 0 Å². The van der Waals surface area contributed by atoms with Gasteiger partial charge in [0.05, 0.1) is 17.4 Å². The minimum atomic E-state index is -3.90. The number of rotatable bonds is 4.